The molecule has 3 aromatic rings. The van der Waals surface area contributed by atoms with Crippen LogP contribution in [0.5, 0.6) is 5.88 Å². The van der Waals surface area contributed by atoms with Gasteiger partial charge in [0, 0.05) is 12.4 Å². The zero-order chi connectivity index (χ0) is 15.0. The molecule has 3 rings (SSSR count). The molecule has 2 aromatic heterocycles. The second-order valence-electron chi connectivity index (χ2n) is 4.44. The van der Waals surface area contributed by atoms with Crippen molar-refractivity contribution in [3.63, 3.8) is 0 Å². The molecule has 21 heavy (non-hydrogen) atoms. The number of aromatic nitrogens is 4. The van der Waals surface area contributed by atoms with Gasteiger partial charge in [0.15, 0.2) is 5.69 Å². The number of aryl methyl sites for hydroxylation is 1. The van der Waals surface area contributed by atoms with Crippen molar-refractivity contribution in [2.75, 3.05) is 12.4 Å². The van der Waals surface area contributed by atoms with Gasteiger partial charge in [-0.1, -0.05) is 0 Å². The molecule has 0 fully saturated rings. The van der Waals surface area contributed by atoms with Gasteiger partial charge >= 0.3 is 0 Å². The summed E-state index contributed by atoms with van der Waals surface area (Å²) >= 11 is 0. The zero-order valence-electron chi connectivity index (χ0n) is 11.3. The fourth-order valence-corrected chi connectivity index (χ4v) is 2.05. The smallest absolute Gasteiger partial charge is 0.276 e. The predicted molar refractivity (Wildman–Crippen MR) is 73.8 cm³/mol. The van der Waals surface area contributed by atoms with Crippen LogP contribution in [0.2, 0.25) is 0 Å². The SMILES string of the molecule is COc1nn(C)cc1NC(=O)c1n[nH]c2ccc(F)cc12. The highest BCUT2D eigenvalue weighted by atomic mass is 19.1. The van der Waals surface area contributed by atoms with Crippen LogP contribution in [0.25, 0.3) is 10.9 Å². The third kappa shape index (κ3) is 2.31. The summed E-state index contributed by atoms with van der Waals surface area (Å²) in [7, 11) is 3.16. The lowest BCUT2D eigenvalue weighted by Crippen LogP contribution is -2.13. The van der Waals surface area contributed by atoms with Gasteiger partial charge in [-0.3, -0.25) is 14.6 Å². The first kappa shape index (κ1) is 13.1. The van der Waals surface area contributed by atoms with Gasteiger partial charge in [0.05, 0.1) is 18.8 Å². The van der Waals surface area contributed by atoms with Crippen molar-refractivity contribution in [3.05, 3.63) is 35.9 Å². The van der Waals surface area contributed by atoms with E-state index in [0.29, 0.717) is 16.6 Å². The Hall–Kier alpha value is -2.90. The second-order valence-corrected chi connectivity index (χ2v) is 4.44. The molecule has 0 spiro atoms. The van der Waals surface area contributed by atoms with Crippen LogP contribution in [0.1, 0.15) is 10.5 Å². The summed E-state index contributed by atoms with van der Waals surface area (Å²) in [5.74, 6) is -0.619. The second kappa shape index (κ2) is 4.89. The molecule has 0 aliphatic carbocycles. The number of nitrogens with zero attached hydrogens (tertiary/aromatic N) is 3. The number of carbonyl (C=O) groups excluding carboxylic acids is 1. The average molecular weight is 289 g/mol. The van der Waals surface area contributed by atoms with E-state index in [9.17, 15) is 9.18 Å². The number of ether oxygens (including phenoxy) is 1. The number of anilines is 1. The Balaban J connectivity index is 1.95. The normalized spacial score (nSPS) is 10.8. The molecule has 0 atom stereocenters. The number of fused-ring (bicyclic) bond motifs is 1. The summed E-state index contributed by atoms with van der Waals surface area (Å²) in [5, 5.41) is 13.7. The highest BCUT2D eigenvalue weighted by molar-refractivity contribution is 6.11. The Bertz CT molecular complexity index is 823. The number of methoxy groups -OCH3 is 1. The van der Waals surface area contributed by atoms with Crippen molar-refractivity contribution in [3.8, 4) is 5.88 Å². The van der Waals surface area contributed by atoms with Crippen LogP contribution in [0, 0.1) is 5.82 Å². The average Bonchev–Trinajstić information content (AvgIpc) is 3.01. The molecule has 8 heteroatoms. The van der Waals surface area contributed by atoms with Gasteiger partial charge in [-0.15, -0.1) is 5.10 Å². The fraction of sp³-hybridized carbons (Fsp3) is 0.154. The molecule has 1 amide bonds. The summed E-state index contributed by atoms with van der Waals surface area (Å²) in [6.45, 7) is 0. The molecule has 2 heterocycles. The van der Waals surface area contributed by atoms with Gasteiger partial charge in [-0.25, -0.2) is 4.39 Å². The highest BCUT2D eigenvalue weighted by Crippen LogP contribution is 2.23. The Morgan fingerprint density at radius 1 is 1.48 bits per heavy atom. The number of rotatable bonds is 3. The van der Waals surface area contributed by atoms with Crippen molar-refractivity contribution in [1.82, 2.24) is 20.0 Å². The van der Waals surface area contributed by atoms with Gasteiger partial charge in [0.2, 0.25) is 0 Å². The maximum absolute atomic E-state index is 13.3. The van der Waals surface area contributed by atoms with Crippen LogP contribution in [-0.4, -0.2) is 33.0 Å². The number of hydrogen-bond acceptors (Lipinski definition) is 4. The fourth-order valence-electron chi connectivity index (χ4n) is 2.05. The number of benzene rings is 1. The van der Waals surface area contributed by atoms with Crippen molar-refractivity contribution in [2.45, 2.75) is 0 Å². The first-order chi connectivity index (χ1) is 10.1. The summed E-state index contributed by atoms with van der Waals surface area (Å²) in [6.07, 6.45) is 1.60. The van der Waals surface area contributed by atoms with E-state index in [1.165, 1.54) is 30.0 Å². The monoisotopic (exact) mass is 289 g/mol. The van der Waals surface area contributed by atoms with Crippen molar-refractivity contribution >= 4 is 22.5 Å². The van der Waals surface area contributed by atoms with Crippen LogP contribution in [-0.2, 0) is 7.05 Å². The number of amides is 1. The number of halogens is 1. The summed E-state index contributed by atoms with van der Waals surface area (Å²) in [6, 6.07) is 4.08. The van der Waals surface area contributed by atoms with E-state index in [1.54, 1.807) is 13.2 Å². The van der Waals surface area contributed by atoms with Crippen LogP contribution in [0.3, 0.4) is 0 Å². The molecular weight excluding hydrogens is 277 g/mol. The maximum Gasteiger partial charge on any atom is 0.276 e. The Labute approximate surface area is 118 Å². The van der Waals surface area contributed by atoms with Gasteiger partial charge in [-0.05, 0) is 18.2 Å². The third-order valence-electron chi connectivity index (χ3n) is 2.98. The molecule has 0 aliphatic heterocycles. The van der Waals surface area contributed by atoms with E-state index >= 15 is 0 Å². The van der Waals surface area contributed by atoms with E-state index < -0.39 is 11.7 Å². The molecule has 7 nitrogen and oxygen atoms in total. The molecular formula is C13H12FN5O2. The molecule has 0 saturated heterocycles. The van der Waals surface area contributed by atoms with Gasteiger partial charge in [0.1, 0.15) is 11.5 Å². The van der Waals surface area contributed by atoms with E-state index in [-0.39, 0.29) is 11.6 Å². The lowest BCUT2D eigenvalue weighted by Gasteiger charge is -2.02. The number of hydrogen-bond donors (Lipinski definition) is 2. The quantitative estimate of drug-likeness (QED) is 0.768. The molecule has 0 unspecified atom stereocenters. The molecule has 0 saturated carbocycles. The van der Waals surface area contributed by atoms with E-state index in [4.69, 9.17) is 4.74 Å². The van der Waals surface area contributed by atoms with Crippen LogP contribution >= 0.6 is 0 Å². The van der Waals surface area contributed by atoms with E-state index in [1.807, 2.05) is 0 Å². The van der Waals surface area contributed by atoms with Crippen molar-refractivity contribution in [1.29, 1.82) is 0 Å². The first-order valence-corrected chi connectivity index (χ1v) is 6.11. The first-order valence-electron chi connectivity index (χ1n) is 6.11. The minimum atomic E-state index is -0.474. The molecule has 0 bridgehead atoms. The summed E-state index contributed by atoms with van der Waals surface area (Å²) in [5.41, 5.74) is 1.10. The minimum absolute atomic E-state index is 0.107. The van der Waals surface area contributed by atoms with Crippen LogP contribution in [0.15, 0.2) is 24.4 Å². The predicted octanol–water partition coefficient (Wildman–Crippen LogP) is 1.70. The van der Waals surface area contributed by atoms with Crippen LogP contribution in [0.4, 0.5) is 10.1 Å². The van der Waals surface area contributed by atoms with E-state index in [2.05, 4.69) is 20.6 Å². The number of aromatic amines is 1. The van der Waals surface area contributed by atoms with Gasteiger partial charge in [0.25, 0.3) is 11.8 Å². The number of H-pyrrole nitrogens is 1. The van der Waals surface area contributed by atoms with E-state index in [0.717, 1.165) is 0 Å². The van der Waals surface area contributed by atoms with Gasteiger partial charge in [-0.2, -0.15) is 5.10 Å². The largest absolute Gasteiger partial charge is 0.478 e. The van der Waals surface area contributed by atoms with Gasteiger partial charge < -0.3 is 10.1 Å². The standard InChI is InChI=1S/C13H12FN5O2/c1-19-6-10(13(18-19)21-2)15-12(20)11-8-5-7(14)3-4-9(8)16-17-11/h3-6H,1-2H3,(H,15,20)(H,16,17). The Morgan fingerprint density at radius 2 is 2.29 bits per heavy atom. The Kier molecular flexibility index (Phi) is 3.05. The number of carbonyl (C=O) groups is 1. The summed E-state index contributed by atoms with van der Waals surface area (Å²) in [4.78, 5) is 12.3. The lowest BCUT2D eigenvalue weighted by atomic mass is 10.2. The summed E-state index contributed by atoms with van der Waals surface area (Å²) < 4.78 is 19.9. The molecule has 1 aromatic carbocycles. The van der Waals surface area contributed by atoms with Crippen molar-refractivity contribution in [2.24, 2.45) is 7.05 Å². The lowest BCUT2D eigenvalue weighted by molar-refractivity contribution is 0.102. The zero-order valence-corrected chi connectivity index (χ0v) is 11.3. The highest BCUT2D eigenvalue weighted by Gasteiger charge is 2.18. The Morgan fingerprint density at radius 3 is 3.05 bits per heavy atom. The van der Waals surface area contributed by atoms with Crippen molar-refractivity contribution < 1.29 is 13.9 Å². The topological polar surface area (TPSA) is 84.8 Å². The molecule has 2 N–H and O–H groups in total. The molecule has 0 aliphatic rings. The maximum atomic E-state index is 13.3. The van der Waals surface area contributed by atoms with Crippen LogP contribution < -0.4 is 10.1 Å². The third-order valence-corrected chi connectivity index (χ3v) is 2.98. The minimum Gasteiger partial charge on any atom is -0.478 e. The molecule has 0 radical (unpaired) electrons. The number of nitrogens with one attached hydrogen (secondary N) is 2. The molecule has 108 valence electrons.